The standard InChI is InChI=1S/C17H27N3O/c1-13(2)12-20(15-8-9-15)11-10-17(19,16(18)21)14-6-4-3-5-7-14/h3-7,13,15H,8-12,19H2,1-2H3,(H2,18,21). The van der Waals surface area contributed by atoms with E-state index in [1.54, 1.807) is 0 Å². The number of benzene rings is 1. The van der Waals surface area contributed by atoms with E-state index in [4.69, 9.17) is 11.5 Å². The number of amides is 1. The summed E-state index contributed by atoms with van der Waals surface area (Å²) in [7, 11) is 0. The zero-order valence-electron chi connectivity index (χ0n) is 13.1. The van der Waals surface area contributed by atoms with Crippen LogP contribution < -0.4 is 11.5 Å². The van der Waals surface area contributed by atoms with Crippen LogP contribution in [0.2, 0.25) is 0 Å². The molecule has 0 spiro atoms. The van der Waals surface area contributed by atoms with Crippen LogP contribution in [0.25, 0.3) is 0 Å². The second-order valence-corrected chi connectivity index (χ2v) is 6.57. The summed E-state index contributed by atoms with van der Waals surface area (Å²) in [5, 5.41) is 0. The van der Waals surface area contributed by atoms with Crippen molar-refractivity contribution in [1.82, 2.24) is 4.90 Å². The summed E-state index contributed by atoms with van der Waals surface area (Å²) < 4.78 is 0. The molecule has 1 fully saturated rings. The van der Waals surface area contributed by atoms with Crippen LogP contribution in [0.5, 0.6) is 0 Å². The largest absolute Gasteiger partial charge is 0.368 e. The summed E-state index contributed by atoms with van der Waals surface area (Å²) in [4.78, 5) is 14.4. The van der Waals surface area contributed by atoms with E-state index in [-0.39, 0.29) is 0 Å². The number of nitrogens with two attached hydrogens (primary N) is 2. The molecule has 21 heavy (non-hydrogen) atoms. The lowest BCUT2D eigenvalue weighted by atomic mass is 9.86. The molecule has 1 aliphatic rings. The first kappa shape index (κ1) is 16.0. The normalized spacial score (nSPS) is 18.0. The van der Waals surface area contributed by atoms with E-state index in [0.29, 0.717) is 18.4 Å². The average Bonchev–Trinajstić information content (AvgIpc) is 3.28. The Kier molecular flexibility index (Phi) is 5.01. The Morgan fingerprint density at radius 3 is 2.43 bits per heavy atom. The van der Waals surface area contributed by atoms with Gasteiger partial charge in [-0.25, -0.2) is 0 Å². The van der Waals surface area contributed by atoms with Crippen molar-refractivity contribution < 1.29 is 4.79 Å². The summed E-state index contributed by atoms with van der Waals surface area (Å²) in [6.45, 7) is 6.30. The molecule has 1 atom stereocenters. The van der Waals surface area contributed by atoms with Crippen molar-refractivity contribution >= 4 is 5.91 Å². The molecule has 0 radical (unpaired) electrons. The molecule has 1 aromatic carbocycles. The molecule has 0 aromatic heterocycles. The molecule has 0 aliphatic heterocycles. The van der Waals surface area contributed by atoms with E-state index in [1.165, 1.54) is 12.8 Å². The fourth-order valence-corrected chi connectivity index (χ4v) is 2.80. The van der Waals surface area contributed by atoms with Gasteiger partial charge in [0.1, 0.15) is 5.54 Å². The highest BCUT2D eigenvalue weighted by atomic mass is 16.1. The molecule has 2 rings (SSSR count). The van der Waals surface area contributed by atoms with Gasteiger partial charge in [-0.15, -0.1) is 0 Å². The number of nitrogens with zero attached hydrogens (tertiary/aromatic N) is 1. The maximum absolute atomic E-state index is 11.9. The highest BCUT2D eigenvalue weighted by Gasteiger charge is 2.36. The highest BCUT2D eigenvalue weighted by molar-refractivity contribution is 5.85. The third-order valence-corrected chi connectivity index (χ3v) is 4.18. The topological polar surface area (TPSA) is 72.3 Å². The van der Waals surface area contributed by atoms with Gasteiger partial charge in [-0.05, 0) is 30.7 Å². The van der Waals surface area contributed by atoms with Gasteiger partial charge in [-0.3, -0.25) is 4.79 Å². The fourth-order valence-electron chi connectivity index (χ4n) is 2.80. The van der Waals surface area contributed by atoms with Gasteiger partial charge in [0.15, 0.2) is 0 Å². The third kappa shape index (κ3) is 4.05. The van der Waals surface area contributed by atoms with E-state index in [2.05, 4.69) is 18.7 Å². The van der Waals surface area contributed by atoms with Crippen molar-refractivity contribution in [2.45, 2.75) is 44.7 Å². The van der Waals surface area contributed by atoms with Gasteiger partial charge in [-0.1, -0.05) is 44.2 Å². The number of hydrogen-bond acceptors (Lipinski definition) is 3. The minimum Gasteiger partial charge on any atom is -0.368 e. The van der Waals surface area contributed by atoms with Gasteiger partial charge in [0.05, 0.1) is 0 Å². The Balaban J connectivity index is 2.07. The molecule has 0 heterocycles. The second-order valence-electron chi connectivity index (χ2n) is 6.57. The van der Waals surface area contributed by atoms with Crippen molar-refractivity contribution in [2.75, 3.05) is 13.1 Å². The van der Waals surface area contributed by atoms with Crippen molar-refractivity contribution in [3.63, 3.8) is 0 Å². The third-order valence-electron chi connectivity index (χ3n) is 4.18. The lowest BCUT2D eigenvalue weighted by Gasteiger charge is -2.31. The molecular weight excluding hydrogens is 262 g/mol. The summed E-state index contributed by atoms with van der Waals surface area (Å²) >= 11 is 0. The van der Waals surface area contributed by atoms with Crippen LogP contribution in [-0.4, -0.2) is 29.9 Å². The fraction of sp³-hybridized carbons (Fsp3) is 0.588. The predicted molar refractivity (Wildman–Crippen MR) is 85.6 cm³/mol. The van der Waals surface area contributed by atoms with E-state index >= 15 is 0 Å². The smallest absolute Gasteiger partial charge is 0.242 e. The number of rotatable bonds is 8. The summed E-state index contributed by atoms with van der Waals surface area (Å²) in [5.74, 6) is 0.164. The number of primary amides is 1. The van der Waals surface area contributed by atoms with E-state index in [1.807, 2.05) is 30.3 Å². The highest BCUT2D eigenvalue weighted by Crippen LogP contribution is 2.30. The quantitative estimate of drug-likeness (QED) is 0.767. The van der Waals surface area contributed by atoms with E-state index < -0.39 is 11.4 Å². The minimum atomic E-state index is -1.08. The Labute approximate surface area is 127 Å². The Bertz CT molecular complexity index is 470. The van der Waals surface area contributed by atoms with Gasteiger partial charge in [-0.2, -0.15) is 0 Å². The van der Waals surface area contributed by atoms with Gasteiger partial charge in [0.2, 0.25) is 5.91 Å². The molecule has 116 valence electrons. The van der Waals surface area contributed by atoms with Crippen LogP contribution in [-0.2, 0) is 10.3 Å². The first-order valence-electron chi connectivity index (χ1n) is 7.82. The van der Waals surface area contributed by atoms with Crippen molar-refractivity contribution in [3.8, 4) is 0 Å². The van der Waals surface area contributed by atoms with Crippen LogP contribution in [0.3, 0.4) is 0 Å². The molecule has 0 saturated heterocycles. The predicted octanol–water partition coefficient (Wildman–Crippen LogP) is 1.84. The lowest BCUT2D eigenvalue weighted by Crippen LogP contribution is -2.51. The molecule has 1 aliphatic carbocycles. The molecule has 4 nitrogen and oxygen atoms in total. The Hall–Kier alpha value is -1.39. The molecule has 4 N–H and O–H groups in total. The summed E-state index contributed by atoms with van der Waals surface area (Å²) in [5.41, 5.74) is 11.7. The number of hydrogen-bond donors (Lipinski definition) is 2. The van der Waals surface area contributed by atoms with Gasteiger partial charge >= 0.3 is 0 Å². The van der Waals surface area contributed by atoms with Crippen LogP contribution in [0, 0.1) is 5.92 Å². The molecule has 1 aromatic rings. The van der Waals surface area contributed by atoms with Crippen LogP contribution in [0.4, 0.5) is 0 Å². The van der Waals surface area contributed by atoms with E-state index in [9.17, 15) is 4.79 Å². The van der Waals surface area contributed by atoms with Crippen LogP contribution in [0.1, 0.15) is 38.7 Å². The number of carbonyl (C=O) groups is 1. The lowest BCUT2D eigenvalue weighted by molar-refractivity contribution is -0.123. The van der Waals surface area contributed by atoms with Crippen LogP contribution in [0.15, 0.2) is 30.3 Å². The minimum absolute atomic E-state index is 0.450. The SMILES string of the molecule is CC(C)CN(CCC(N)(C(N)=O)c1ccccc1)C1CC1. The average molecular weight is 289 g/mol. The van der Waals surface area contributed by atoms with Crippen molar-refractivity contribution in [1.29, 1.82) is 0 Å². The maximum atomic E-state index is 11.9. The zero-order valence-corrected chi connectivity index (χ0v) is 13.1. The van der Waals surface area contributed by atoms with Crippen LogP contribution >= 0.6 is 0 Å². The molecule has 1 saturated carbocycles. The number of carbonyl (C=O) groups excluding carboxylic acids is 1. The molecule has 1 unspecified atom stereocenters. The van der Waals surface area contributed by atoms with Gasteiger partial charge in [0, 0.05) is 19.1 Å². The Morgan fingerprint density at radius 1 is 1.33 bits per heavy atom. The maximum Gasteiger partial charge on any atom is 0.242 e. The molecule has 4 heteroatoms. The zero-order chi connectivity index (χ0) is 15.5. The van der Waals surface area contributed by atoms with Gasteiger partial charge in [0.25, 0.3) is 0 Å². The van der Waals surface area contributed by atoms with Gasteiger partial charge < -0.3 is 16.4 Å². The summed E-state index contributed by atoms with van der Waals surface area (Å²) in [6.07, 6.45) is 3.08. The van der Waals surface area contributed by atoms with Crippen molar-refractivity contribution in [3.05, 3.63) is 35.9 Å². The monoisotopic (exact) mass is 289 g/mol. The first-order valence-corrected chi connectivity index (χ1v) is 7.82. The van der Waals surface area contributed by atoms with Crippen molar-refractivity contribution in [2.24, 2.45) is 17.4 Å². The van der Waals surface area contributed by atoms with E-state index in [0.717, 1.165) is 18.7 Å². The summed E-state index contributed by atoms with van der Waals surface area (Å²) in [6, 6.07) is 10.1. The molecule has 0 bridgehead atoms. The molecule has 1 amide bonds. The second kappa shape index (κ2) is 6.58. The first-order chi connectivity index (χ1) is 9.93. The Morgan fingerprint density at radius 2 is 1.95 bits per heavy atom. The molecular formula is C17H27N3O.